The highest BCUT2D eigenvalue weighted by molar-refractivity contribution is 5.84. The fourth-order valence-electron chi connectivity index (χ4n) is 1.25. The highest BCUT2D eigenvalue weighted by Gasteiger charge is 2.07. The number of nitriles is 1. The summed E-state index contributed by atoms with van der Waals surface area (Å²) in [6.07, 6.45) is 2.42. The Hall–Kier alpha value is -2.94. The minimum absolute atomic E-state index is 0.0602. The zero-order chi connectivity index (χ0) is 13.0. The number of nitrogens with zero attached hydrogens (tertiary/aromatic N) is 3. The van der Waals surface area contributed by atoms with Crippen molar-refractivity contribution in [1.82, 2.24) is 9.97 Å². The van der Waals surface area contributed by atoms with E-state index in [0.29, 0.717) is 11.3 Å². The van der Waals surface area contributed by atoms with Crippen molar-refractivity contribution in [3.63, 3.8) is 0 Å². The van der Waals surface area contributed by atoms with E-state index in [-0.39, 0.29) is 11.6 Å². The van der Waals surface area contributed by atoms with Crippen LogP contribution >= 0.6 is 0 Å². The SMILES string of the molecule is N#Cc1cccc(Oc2cncc(C(=O)O)n2)c1. The molecule has 1 heterocycles. The number of hydrogen-bond acceptors (Lipinski definition) is 5. The van der Waals surface area contributed by atoms with Gasteiger partial charge in [-0.15, -0.1) is 0 Å². The molecule has 0 aliphatic carbocycles. The van der Waals surface area contributed by atoms with Gasteiger partial charge in [0.15, 0.2) is 5.69 Å². The van der Waals surface area contributed by atoms with E-state index >= 15 is 0 Å². The van der Waals surface area contributed by atoms with Gasteiger partial charge >= 0.3 is 5.97 Å². The zero-order valence-electron chi connectivity index (χ0n) is 9.07. The fourth-order valence-corrected chi connectivity index (χ4v) is 1.25. The van der Waals surface area contributed by atoms with Crippen molar-refractivity contribution in [3.8, 4) is 17.7 Å². The van der Waals surface area contributed by atoms with Gasteiger partial charge in [-0.05, 0) is 18.2 Å². The first kappa shape index (κ1) is 11.5. The highest BCUT2D eigenvalue weighted by atomic mass is 16.5. The lowest BCUT2D eigenvalue weighted by Crippen LogP contribution is -2.02. The molecule has 6 nitrogen and oxygen atoms in total. The Labute approximate surface area is 102 Å². The van der Waals surface area contributed by atoms with Crippen LogP contribution in [-0.4, -0.2) is 21.0 Å². The first-order valence-corrected chi connectivity index (χ1v) is 4.92. The molecule has 0 bridgehead atoms. The van der Waals surface area contributed by atoms with Crippen LogP contribution in [-0.2, 0) is 0 Å². The van der Waals surface area contributed by atoms with Crippen LogP contribution in [0.2, 0.25) is 0 Å². The molecule has 0 amide bonds. The standard InChI is InChI=1S/C12H7N3O3/c13-5-8-2-1-3-9(4-8)18-11-7-14-6-10(15-11)12(16)17/h1-4,6-7H,(H,16,17). The Morgan fingerprint density at radius 1 is 1.39 bits per heavy atom. The topological polar surface area (TPSA) is 96.1 Å². The molecule has 18 heavy (non-hydrogen) atoms. The predicted octanol–water partition coefficient (Wildman–Crippen LogP) is 1.84. The van der Waals surface area contributed by atoms with Crippen molar-refractivity contribution < 1.29 is 14.6 Å². The van der Waals surface area contributed by atoms with E-state index in [0.717, 1.165) is 6.20 Å². The van der Waals surface area contributed by atoms with Crippen molar-refractivity contribution in [3.05, 3.63) is 47.9 Å². The van der Waals surface area contributed by atoms with Crippen LogP contribution in [0.5, 0.6) is 11.6 Å². The van der Waals surface area contributed by atoms with E-state index in [1.54, 1.807) is 18.2 Å². The summed E-state index contributed by atoms with van der Waals surface area (Å²) in [5, 5.41) is 17.5. The molecule has 0 saturated carbocycles. The van der Waals surface area contributed by atoms with Crippen LogP contribution in [0, 0.1) is 11.3 Å². The fraction of sp³-hybridized carbons (Fsp3) is 0. The van der Waals surface area contributed by atoms with Gasteiger partial charge < -0.3 is 9.84 Å². The summed E-state index contributed by atoms with van der Waals surface area (Å²) >= 11 is 0. The summed E-state index contributed by atoms with van der Waals surface area (Å²) in [5.74, 6) is -0.727. The van der Waals surface area contributed by atoms with Gasteiger partial charge in [0.1, 0.15) is 5.75 Å². The Bertz CT molecular complexity index is 634. The molecular formula is C12H7N3O3. The molecule has 0 radical (unpaired) electrons. The molecule has 0 atom stereocenters. The largest absolute Gasteiger partial charge is 0.476 e. The number of ether oxygens (including phenoxy) is 1. The molecular weight excluding hydrogens is 234 g/mol. The molecule has 0 fully saturated rings. The van der Waals surface area contributed by atoms with E-state index in [1.807, 2.05) is 6.07 Å². The third-order valence-corrected chi connectivity index (χ3v) is 2.02. The normalized spacial score (nSPS) is 9.50. The molecule has 1 aromatic carbocycles. The maximum absolute atomic E-state index is 10.7. The van der Waals surface area contributed by atoms with Crippen molar-refractivity contribution in [2.75, 3.05) is 0 Å². The van der Waals surface area contributed by atoms with Gasteiger partial charge in [0.05, 0.1) is 24.0 Å². The maximum atomic E-state index is 10.7. The van der Waals surface area contributed by atoms with E-state index in [4.69, 9.17) is 15.1 Å². The molecule has 1 N–H and O–H groups in total. The van der Waals surface area contributed by atoms with Crippen LogP contribution in [0.15, 0.2) is 36.7 Å². The second kappa shape index (κ2) is 4.93. The van der Waals surface area contributed by atoms with E-state index in [1.165, 1.54) is 12.3 Å². The second-order valence-electron chi connectivity index (χ2n) is 3.29. The van der Waals surface area contributed by atoms with Crippen molar-refractivity contribution >= 4 is 5.97 Å². The van der Waals surface area contributed by atoms with Gasteiger partial charge in [0.2, 0.25) is 5.88 Å². The molecule has 2 aromatic rings. The molecule has 88 valence electrons. The minimum atomic E-state index is -1.18. The summed E-state index contributed by atoms with van der Waals surface area (Å²) in [5.41, 5.74) is 0.235. The second-order valence-corrected chi connectivity index (χ2v) is 3.29. The Kier molecular flexibility index (Phi) is 3.16. The number of aromatic nitrogens is 2. The third-order valence-electron chi connectivity index (χ3n) is 2.02. The molecule has 6 heteroatoms. The van der Waals surface area contributed by atoms with E-state index in [9.17, 15) is 4.79 Å². The number of carbonyl (C=O) groups is 1. The van der Waals surface area contributed by atoms with Crippen molar-refractivity contribution in [2.24, 2.45) is 0 Å². The summed E-state index contributed by atoms with van der Waals surface area (Å²) in [7, 11) is 0. The Morgan fingerprint density at radius 2 is 2.22 bits per heavy atom. The Balaban J connectivity index is 2.26. The number of benzene rings is 1. The summed E-state index contributed by atoms with van der Waals surface area (Å²) in [6.45, 7) is 0. The van der Waals surface area contributed by atoms with E-state index < -0.39 is 5.97 Å². The minimum Gasteiger partial charge on any atom is -0.476 e. The lowest BCUT2D eigenvalue weighted by molar-refractivity contribution is 0.0689. The zero-order valence-corrected chi connectivity index (χ0v) is 9.07. The number of aromatic carboxylic acids is 1. The van der Waals surface area contributed by atoms with Gasteiger partial charge in [0.25, 0.3) is 0 Å². The molecule has 0 spiro atoms. The van der Waals surface area contributed by atoms with Crippen LogP contribution in [0.25, 0.3) is 0 Å². The molecule has 2 rings (SSSR count). The Morgan fingerprint density at radius 3 is 2.94 bits per heavy atom. The highest BCUT2D eigenvalue weighted by Crippen LogP contribution is 2.19. The first-order chi connectivity index (χ1) is 8.69. The van der Waals surface area contributed by atoms with Crippen LogP contribution in [0.1, 0.15) is 16.1 Å². The van der Waals surface area contributed by atoms with Gasteiger partial charge in [-0.25, -0.2) is 9.78 Å². The van der Waals surface area contributed by atoms with Gasteiger partial charge in [-0.2, -0.15) is 5.26 Å². The van der Waals surface area contributed by atoms with Gasteiger partial charge in [-0.3, -0.25) is 4.98 Å². The molecule has 1 aromatic heterocycles. The van der Waals surface area contributed by atoms with Crippen LogP contribution in [0.3, 0.4) is 0 Å². The number of carboxylic acids is 1. The lowest BCUT2D eigenvalue weighted by Gasteiger charge is -2.04. The average molecular weight is 241 g/mol. The number of rotatable bonds is 3. The quantitative estimate of drug-likeness (QED) is 0.880. The third kappa shape index (κ3) is 2.59. The molecule has 0 saturated heterocycles. The predicted molar refractivity (Wildman–Crippen MR) is 60.2 cm³/mol. The molecule has 0 aliphatic rings. The summed E-state index contributed by atoms with van der Waals surface area (Å²) in [6, 6.07) is 8.42. The summed E-state index contributed by atoms with van der Waals surface area (Å²) in [4.78, 5) is 18.2. The van der Waals surface area contributed by atoms with Gasteiger partial charge in [-0.1, -0.05) is 6.07 Å². The maximum Gasteiger partial charge on any atom is 0.356 e. The molecule has 0 aliphatic heterocycles. The smallest absolute Gasteiger partial charge is 0.356 e. The summed E-state index contributed by atoms with van der Waals surface area (Å²) < 4.78 is 5.32. The van der Waals surface area contributed by atoms with E-state index in [2.05, 4.69) is 9.97 Å². The van der Waals surface area contributed by atoms with Gasteiger partial charge in [0, 0.05) is 0 Å². The van der Waals surface area contributed by atoms with Crippen molar-refractivity contribution in [1.29, 1.82) is 5.26 Å². The number of carboxylic acid groups (broad SMARTS) is 1. The van der Waals surface area contributed by atoms with Crippen molar-refractivity contribution in [2.45, 2.75) is 0 Å². The first-order valence-electron chi connectivity index (χ1n) is 4.92. The number of hydrogen-bond donors (Lipinski definition) is 1. The molecule has 0 unspecified atom stereocenters. The monoisotopic (exact) mass is 241 g/mol. The van der Waals surface area contributed by atoms with Crippen LogP contribution < -0.4 is 4.74 Å². The average Bonchev–Trinajstić information content (AvgIpc) is 2.39. The lowest BCUT2D eigenvalue weighted by atomic mass is 10.2. The van der Waals surface area contributed by atoms with Crippen LogP contribution in [0.4, 0.5) is 0 Å².